The van der Waals surface area contributed by atoms with Crippen molar-refractivity contribution in [2.75, 3.05) is 13.9 Å². The molecule has 28 heavy (non-hydrogen) atoms. The van der Waals surface area contributed by atoms with Crippen LogP contribution in [0, 0.1) is 0 Å². The number of carbonyl (C=O) groups excluding carboxylic acids is 1. The molecule has 2 aliphatic rings. The Hall–Kier alpha value is -2.95. The average Bonchev–Trinajstić information content (AvgIpc) is 3.42. The Bertz CT molecular complexity index is 871. The molecule has 2 aromatic rings. The lowest BCUT2D eigenvalue weighted by Gasteiger charge is -2.28. The van der Waals surface area contributed by atoms with Crippen molar-refractivity contribution in [3.63, 3.8) is 0 Å². The first kappa shape index (κ1) is 18.4. The van der Waals surface area contributed by atoms with Crippen LogP contribution in [0.1, 0.15) is 36.8 Å². The third-order valence-electron chi connectivity index (χ3n) is 5.35. The molecule has 4 rings (SSSR count). The van der Waals surface area contributed by atoms with Gasteiger partial charge in [0, 0.05) is 18.7 Å². The molecule has 5 heteroatoms. The number of amides is 1. The number of rotatable bonds is 6. The van der Waals surface area contributed by atoms with E-state index in [4.69, 9.17) is 14.2 Å². The SMILES string of the molecule is COc1cccc(/C=C/C(=O)N(Cc2ccc3c(c2)OCO3)C2CCCC2)c1. The molecule has 0 saturated heterocycles. The summed E-state index contributed by atoms with van der Waals surface area (Å²) < 4.78 is 16.1. The number of benzene rings is 2. The maximum atomic E-state index is 13.0. The van der Waals surface area contributed by atoms with E-state index in [0.717, 1.165) is 41.2 Å². The lowest BCUT2D eigenvalue weighted by Crippen LogP contribution is -2.37. The van der Waals surface area contributed by atoms with E-state index in [2.05, 4.69) is 0 Å². The Morgan fingerprint density at radius 3 is 2.79 bits per heavy atom. The number of nitrogens with zero attached hydrogens (tertiary/aromatic N) is 1. The van der Waals surface area contributed by atoms with Crippen molar-refractivity contribution in [1.82, 2.24) is 4.90 Å². The fraction of sp³-hybridized carbons (Fsp3) is 0.348. The van der Waals surface area contributed by atoms with Crippen LogP contribution in [0.15, 0.2) is 48.5 Å². The van der Waals surface area contributed by atoms with Crippen molar-refractivity contribution in [1.29, 1.82) is 0 Å². The van der Waals surface area contributed by atoms with Gasteiger partial charge in [0.2, 0.25) is 12.7 Å². The zero-order chi connectivity index (χ0) is 19.3. The van der Waals surface area contributed by atoms with E-state index in [-0.39, 0.29) is 18.7 Å². The standard InChI is InChI=1S/C23H25NO4/c1-26-20-8-4-5-17(13-20)10-12-23(25)24(19-6-2-3-7-19)15-18-9-11-21-22(14-18)28-16-27-21/h4-5,8-14,19H,2-3,6-7,15-16H2,1H3/b12-10+. The molecule has 0 bridgehead atoms. The number of ether oxygens (including phenoxy) is 3. The molecule has 1 saturated carbocycles. The van der Waals surface area contributed by atoms with Gasteiger partial charge in [0.05, 0.1) is 7.11 Å². The fourth-order valence-corrected chi connectivity index (χ4v) is 3.85. The summed E-state index contributed by atoms with van der Waals surface area (Å²) in [5.74, 6) is 2.33. The van der Waals surface area contributed by atoms with Crippen LogP contribution in [0.2, 0.25) is 0 Å². The predicted octanol–water partition coefficient (Wildman–Crippen LogP) is 4.41. The molecule has 1 heterocycles. The summed E-state index contributed by atoms with van der Waals surface area (Å²) in [6, 6.07) is 13.9. The maximum Gasteiger partial charge on any atom is 0.247 e. The normalized spacial score (nSPS) is 15.9. The van der Waals surface area contributed by atoms with Crippen molar-refractivity contribution in [2.24, 2.45) is 0 Å². The molecule has 0 atom stereocenters. The van der Waals surface area contributed by atoms with Crippen LogP contribution in [-0.4, -0.2) is 30.8 Å². The smallest absolute Gasteiger partial charge is 0.247 e. The Kier molecular flexibility index (Phi) is 5.51. The molecule has 0 N–H and O–H groups in total. The van der Waals surface area contributed by atoms with Crippen LogP contribution in [0.5, 0.6) is 17.2 Å². The molecule has 0 unspecified atom stereocenters. The predicted molar refractivity (Wildman–Crippen MR) is 107 cm³/mol. The summed E-state index contributed by atoms with van der Waals surface area (Å²) in [5, 5.41) is 0. The van der Waals surface area contributed by atoms with Crippen molar-refractivity contribution < 1.29 is 19.0 Å². The van der Waals surface area contributed by atoms with Gasteiger partial charge < -0.3 is 19.1 Å². The number of fused-ring (bicyclic) bond motifs is 1. The summed E-state index contributed by atoms with van der Waals surface area (Å²) >= 11 is 0. The largest absolute Gasteiger partial charge is 0.497 e. The number of hydrogen-bond acceptors (Lipinski definition) is 4. The van der Waals surface area contributed by atoms with Gasteiger partial charge in [0.25, 0.3) is 0 Å². The van der Waals surface area contributed by atoms with Gasteiger partial charge in [-0.2, -0.15) is 0 Å². The molecular formula is C23H25NO4. The molecule has 0 spiro atoms. The molecule has 1 aliphatic heterocycles. The molecule has 0 aromatic heterocycles. The second kappa shape index (κ2) is 8.38. The highest BCUT2D eigenvalue weighted by molar-refractivity contribution is 5.92. The number of carbonyl (C=O) groups is 1. The third kappa shape index (κ3) is 4.14. The Balaban J connectivity index is 1.52. The topological polar surface area (TPSA) is 48.0 Å². The van der Waals surface area contributed by atoms with Gasteiger partial charge in [-0.05, 0) is 54.3 Å². The highest BCUT2D eigenvalue weighted by Gasteiger charge is 2.26. The van der Waals surface area contributed by atoms with Gasteiger partial charge >= 0.3 is 0 Å². The second-order valence-corrected chi connectivity index (χ2v) is 7.20. The molecule has 1 aliphatic carbocycles. The van der Waals surface area contributed by atoms with Gasteiger partial charge in [-0.15, -0.1) is 0 Å². The second-order valence-electron chi connectivity index (χ2n) is 7.20. The maximum absolute atomic E-state index is 13.0. The van der Waals surface area contributed by atoms with Crippen LogP contribution in [0.3, 0.4) is 0 Å². The van der Waals surface area contributed by atoms with Crippen LogP contribution in [-0.2, 0) is 11.3 Å². The Morgan fingerprint density at radius 1 is 1.14 bits per heavy atom. The molecule has 1 fully saturated rings. The summed E-state index contributed by atoms with van der Waals surface area (Å²) in [4.78, 5) is 15.0. The molecule has 146 valence electrons. The average molecular weight is 379 g/mol. The molecule has 2 aromatic carbocycles. The molecular weight excluding hydrogens is 354 g/mol. The lowest BCUT2D eigenvalue weighted by atomic mass is 10.1. The van der Waals surface area contributed by atoms with E-state index in [0.29, 0.717) is 6.54 Å². The van der Waals surface area contributed by atoms with Crippen LogP contribution in [0.4, 0.5) is 0 Å². The minimum Gasteiger partial charge on any atom is -0.497 e. The minimum absolute atomic E-state index is 0.0346. The summed E-state index contributed by atoms with van der Waals surface area (Å²) in [6.45, 7) is 0.829. The summed E-state index contributed by atoms with van der Waals surface area (Å²) in [6.07, 6.45) is 7.99. The van der Waals surface area contributed by atoms with Gasteiger partial charge in [-0.1, -0.05) is 31.0 Å². The van der Waals surface area contributed by atoms with Crippen LogP contribution < -0.4 is 14.2 Å². The molecule has 1 amide bonds. The third-order valence-corrected chi connectivity index (χ3v) is 5.35. The molecule has 5 nitrogen and oxygen atoms in total. The van der Waals surface area contributed by atoms with Crippen molar-refractivity contribution in [3.05, 3.63) is 59.7 Å². The van der Waals surface area contributed by atoms with Crippen LogP contribution in [0.25, 0.3) is 6.08 Å². The van der Waals surface area contributed by atoms with E-state index >= 15 is 0 Å². The Labute approximate surface area is 165 Å². The summed E-state index contributed by atoms with van der Waals surface area (Å²) in [7, 11) is 1.64. The summed E-state index contributed by atoms with van der Waals surface area (Å²) in [5.41, 5.74) is 2.00. The number of methoxy groups -OCH3 is 1. The van der Waals surface area contributed by atoms with Gasteiger partial charge in [-0.3, -0.25) is 4.79 Å². The zero-order valence-corrected chi connectivity index (χ0v) is 16.1. The van der Waals surface area contributed by atoms with E-state index in [1.807, 2.05) is 53.4 Å². The van der Waals surface area contributed by atoms with Crippen molar-refractivity contribution in [3.8, 4) is 17.2 Å². The lowest BCUT2D eigenvalue weighted by molar-refractivity contribution is -0.128. The van der Waals surface area contributed by atoms with Crippen molar-refractivity contribution >= 4 is 12.0 Å². The first-order valence-corrected chi connectivity index (χ1v) is 9.74. The van der Waals surface area contributed by atoms with Crippen molar-refractivity contribution in [2.45, 2.75) is 38.3 Å². The van der Waals surface area contributed by atoms with E-state index in [1.54, 1.807) is 13.2 Å². The zero-order valence-electron chi connectivity index (χ0n) is 16.1. The highest BCUT2D eigenvalue weighted by atomic mass is 16.7. The van der Waals surface area contributed by atoms with E-state index in [1.165, 1.54) is 12.8 Å². The quantitative estimate of drug-likeness (QED) is 0.698. The fourth-order valence-electron chi connectivity index (χ4n) is 3.85. The Morgan fingerprint density at radius 2 is 1.96 bits per heavy atom. The van der Waals surface area contributed by atoms with Crippen LogP contribution >= 0.6 is 0 Å². The first-order valence-electron chi connectivity index (χ1n) is 9.74. The van der Waals surface area contributed by atoms with Gasteiger partial charge in [-0.25, -0.2) is 0 Å². The molecule has 0 radical (unpaired) electrons. The highest BCUT2D eigenvalue weighted by Crippen LogP contribution is 2.33. The monoisotopic (exact) mass is 379 g/mol. The first-order chi connectivity index (χ1) is 13.7. The van der Waals surface area contributed by atoms with Gasteiger partial charge in [0.1, 0.15) is 5.75 Å². The number of hydrogen-bond donors (Lipinski definition) is 0. The van der Waals surface area contributed by atoms with Gasteiger partial charge in [0.15, 0.2) is 11.5 Å². The van der Waals surface area contributed by atoms with E-state index in [9.17, 15) is 4.79 Å². The minimum atomic E-state index is 0.0346. The van der Waals surface area contributed by atoms with E-state index < -0.39 is 0 Å².